The topological polar surface area (TPSA) is 15.3 Å². The van der Waals surface area contributed by atoms with Gasteiger partial charge in [-0.3, -0.25) is 0 Å². The van der Waals surface area contributed by atoms with Crippen LogP contribution in [0.2, 0.25) is 0 Å². The van der Waals surface area contributed by atoms with Crippen molar-refractivity contribution in [2.24, 2.45) is 0 Å². The monoisotopic (exact) mass is 282 g/mol. The van der Waals surface area contributed by atoms with Gasteiger partial charge in [0.2, 0.25) is 0 Å². The second-order valence-electron chi connectivity index (χ2n) is 4.68. The molecule has 1 aliphatic rings. The molecule has 0 radical (unpaired) electrons. The highest BCUT2D eigenvalue weighted by Gasteiger charge is 2.28. The summed E-state index contributed by atoms with van der Waals surface area (Å²) in [5.74, 6) is 0.637. The molecule has 1 aromatic carbocycles. The van der Waals surface area contributed by atoms with E-state index >= 15 is 0 Å². The van der Waals surface area contributed by atoms with Crippen molar-refractivity contribution in [2.45, 2.75) is 25.3 Å². The van der Waals surface area contributed by atoms with Gasteiger partial charge in [0.05, 0.1) is 0 Å². The maximum absolute atomic E-state index is 3.68. The summed E-state index contributed by atoms with van der Waals surface area (Å²) in [5, 5.41) is 3.32. The Bertz CT molecular complexity index is 378. The molecule has 0 saturated heterocycles. The minimum atomic E-state index is 0.566. The Morgan fingerprint density at radius 2 is 2.31 bits per heavy atom. The van der Waals surface area contributed by atoms with Crippen LogP contribution in [0.15, 0.2) is 22.7 Å². The molecule has 0 fully saturated rings. The van der Waals surface area contributed by atoms with E-state index in [1.807, 2.05) is 7.05 Å². The Morgan fingerprint density at radius 1 is 1.56 bits per heavy atom. The smallest absolute Gasteiger partial charge is 0.0411 e. The van der Waals surface area contributed by atoms with Gasteiger partial charge in [-0.2, -0.15) is 0 Å². The molecule has 2 atom stereocenters. The van der Waals surface area contributed by atoms with Crippen LogP contribution in [0.3, 0.4) is 0 Å². The highest BCUT2D eigenvalue weighted by atomic mass is 79.9. The molecule has 0 spiro atoms. The number of nitrogens with one attached hydrogen (secondary N) is 1. The summed E-state index contributed by atoms with van der Waals surface area (Å²) in [6.07, 6.45) is 1.19. The van der Waals surface area contributed by atoms with Gasteiger partial charge in [-0.05, 0) is 38.1 Å². The molecule has 1 aromatic rings. The van der Waals surface area contributed by atoms with Gasteiger partial charge >= 0.3 is 0 Å². The number of fused-ring (bicyclic) bond motifs is 1. The second-order valence-corrected chi connectivity index (χ2v) is 5.53. The van der Waals surface area contributed by atoms with E-state index in [2.05, 4.69) is 58.3 Å². The molecule has 2 rings (SSSR count). The largest absolute Gasteiger partial charge is 0.374 e. The summed E-state index contributed by atoms with van der Waals surface area (Å²) >= 11 is 3.68. The average Bonchev–Trinajstić information content (AvgIpc) is 2.57. The van der Waals surface area contributed by atoms with E-state index in [4.69, 9.17) is 0 Å². The molecule has 2 unspecified atom stereocenters. The quantitative estimate of drug-likeness (QED) is 0.917. The van der Waals surface area contributed by atoms with Crippen LogP contribution in [0, 0.1) is 0 Å². The van der Waals surface area contributed by atoms with Crippen LogP contribution in [-0.2, 0) is 0 Å². The van der Waals surface area contributed by atoms with E-state index < -0.39 is 0 Å². The van der Waals surface area contributed by atoms with Gasteiger partial charge in [0.25, 0.3) is 0 Å². The standard InChI is InChI=1S/C13H19BrN2/c1-9(15-2)7-10-8-16(3)12-6-4-5-11(14)13(10)12/h4-6,9-10,15H,7-8H2,1-3H3. The van der Waals surface area contributed by atoms with Crippen LogP contribution in [-0.4, -0.2) is 26.7 Å². The highest BCUT2D eigenvalue weighted by Crippen LogP contribution is 2.41. The van der Waals surface area contributed by atoms with Gasteiger partial charge in [-0.25, -0.2) is 0 Å². The van der Waals surface area contributed by atoms with Crippen LogP contribution in [0.1, 0.15) is 24.8 Å². The van der Waals surface area contributed by atoms with Gasteiger partial charge < -0.3 is 10.2 Å². The molecule has 0 bridgehead atoms. The number of hydrogen-bond acceptors (Lipinski definition) is 2. The molecule has 2 nitrogen and oxygen atoms in total. The first-order chi connectivity index (χ1) is 7.63. The molecular weight excluding hydrogens is 264 g/mol. The Morgan fingerprint density at radius 3 is 3.00 bits per heavy atom. The first-order valence-electron chi connectivity index (χ1n) is 5.80. The lowest BCUT2D eigenvalue weighted by Gasteiger charge is -2.17. The van der Waals surface area contributed by atoms with E-state index in [1.165, 1.54) is 22.1 Å². The van der Waals surface area contributed by atoms with Crippen molar-refractivity contribution in [1.82, 2.24) is 5.32 Å². The third-order valence-electron chi connectivity index (χ3n) is 3.47. The number of rotatable bonds is 3. The first-order valence-corrected chi connectivity index (χ1v) is 6.59. The van der Waals surface area contributed by atoms with E-state index in [-0.39, 0.29) is 0 Å². The summed E-state index contributed by atoms with van der Waals surface area (Å²) in [7, 11) is 4.21. The minimum absolute atomic E-state index is 0.566. The fraction of sp³-hybridized carbons (Fsp3) is 0.538. The first kappa shape index (κ1) is 11.9. The molecule has 3 heteroatoms. The van der Waals surface area contributed by atoms with Crippen molar-refractivity contribution in [1.29, 1.82) is 0 Å². The van der Waals surface area contributed by atoms with E-state index in [0.717, 1.165) is 6.54 Å². The number of anilines is 1. The zero-order chi connectivity index (χ0) is 11.7. The van der Waals surface area contributed by atoms with Crippen molar-refractivity contribution in [3.8, 4) is 0 Å². The molecular formula is C13H19BrN2. The number of halogens is 1. The zero-order valence-corrected chi connectivity index (χ0v) is 11.7. The van der Waals surface area contributed by atoms with E-state index in [0.29, 0.717) is 12.0 Å². The van der Waals surface area contributed by atoms with Crippen molar-refractivity contribution in [2.75, 3.05) is 25.5 Å². The maximum Gasteiger partial charge on any atom is 0.0411 e. The van der Waals surface area contributed by atoms with E-state index in [1.54, 1.807) is 0 Å². The van der Waals surface area contributed by atoms with Crippen LogP contribution < -0.4 is 10.2 Å². The molecule has 16 heavy (non-hydrogen) atoms. The summed E-state index contributed by atoms with van der Waals surface area (Å²) in [6, 6.07) is 7.04. The van der Waals surface area contributed by atoms with Crippen LogP contribution >= 0.6 is 15.9 Å². The highest BCUT2D eigenvalue weighted by molar-refractivity contribution is 9.10. The van der Waals surface area contributed by atoms with Crippen LogP contribution in [0.5, 0.6) is 0 Å². The third-order valence-corrected chi connectivity index (χ3v) is 4.17. The lowest BCUT2D eigenvalue weighted by atomic mass is 9.94. The number of likely N-dealkylation sites (N-methyl/N-ethyl adjacent to an activating group) is 1. The predicted molar refractivity (Wildman–Crippen MR) is 73.3 cm³/mol. The lowest BCUT2D eigenvalue weighted by molar-refractivity contribution is 0.508. The fourth-order valence-corrected chi connectivity index (χ4v) is 3.20. The zero-order valence-electron chi connectivity index (χ0n) is 10.1. The Balaban J connectivity index is 2.27. The van der Waals surface area contributed by atoms with E-state index in [9.17, 15) is 0 Å². The maximum atomic E-state index is 3.68. The number of nitrogens with zero attached hydrogens (tertiary/aromatic N) is 1. The molecule has 0 saturated carbocycles. The van der Waals surface area contributed by atoms with Gasteiger partial charge in [-0.15, -0.1) is 0 Å². The van der Waals surface area contributed by atoms with Crippen molar-refractivity contribution < 1.29 is 0 Å². The average molecular weight is 283 g/mol. The Labute approximate surface area is 106 Å². The molecule has 1 heterocycles. The summed E-state index contributed by atoms with van der Waals surface area (Å²) < 4.78 is 1.25. The van der Waals surface area contributed by atoms with Crippen LogP contribution in [0.4, 0.5) is 5.69 Å². The predicted octanol–water partition coefficient (Wildman–Crippen LogP) is 2.98. The second kappa shape index (κ2) is 4.76. The minimum Gasteiger partial charge on any atom is -0.374 e. The van der Waals surface area contributed by atoms with Crippen LogP contribution in [0.25, 0.3) is 0 Å². The van der Waals surface area contributed by atoms with Gasteiger partial charge in [0.15, 0.2) is 0 Å². The fourth-order valence-electron chi connectivity index (χ4n) is 2.52. The summed E-state index contributed by atoms with van der Waals surface area (Å²) in [6.45, 7) is 3.37. The molecule has 0 aliphatic carbocycles. The number of benzene rings is 1. The summed E-state index contributed by atoms with van der Waals surface area (Å²) in [4.78, 5) is 2.35. The molecule has 0 aromatic heterocycles. The molecule has 88 valence electrons. The molecule has 0 amide bonds. The summed E-state index contributed by atoms with van der Waals surface area (Å²) in [5.41, 5.74) is 2.86. The Kier molecular flexibility index (Phi) is 3.55. The van der Waals surface area contributed by atoms with Gasteiger partial charge in [0.1, 0.15) is 0 Å². The Hall–Kier alpha value is -0.540. The van der Waals surface area contributed by atoms with Crippen molar-refractivity contribution in [3.63, 3.8) is 0 Å². The lowest BCUT2D eigenvalue weighted by Crippen LogP contribution is -2.25. The van der Waals surface area contributed by atoms with Gasteiger partial charge in [-0.1, -0.05) is 22.0 Å². The van der Waals surface area contributed by atoms with Gasteiger partial charge in [0, 0.05) is 35.7 Å². The van der Waals surface area contributed by atoms with Crippen molar-refractivity contribution >= 4 is 21.6 Å². The SMILES string of the molecule is CNC(C)CC1CN(C)c2cccc(Br)c21. The normalized spacial score (nSPS) is 21.0. The third kappa shape index (κ3) is 2.11. The molecule has 1 aliphatic heterocycles. The molecule has 1 N–H and O–H groups in total. The number of hydrogen-bond donors (Lipinski definition) is 1. The van der Waals surface area contributed by atoms with Crippen molar-refractivity contribution in [3.05, 3.63) is 28.2 Å².